The van der Waals surface area contributed by atoms with Gasteiger partial charge >= 0.3 is 5.97 Å². The molecule has 0 atom stereocenters. The monoisotopic (exact) mass is 317 g/mol. The van der Waals surface area contributed by atoms with Gasteiger partial charge in [-0.05, 0) is 27.5 Å². The van der Waals surface area contributed by atoms with Gasteiger partial charge < -0.3 is 5.11 Å². The number of hydrogen-bond acceptors (Lipinski definition) is 5. The van der Waals surface area contributed by atoms with E-state index in [9.17, 15) is 4.79 Å². The molecule has 0 bridgehead atoms. The molecule has 1 aromatic heterocycles. The van der Waals surface area contributed by atoms with E-state index in [1.807, 2.05) is 54.6 Å². The molecule has 0 unspecified atom stereocenters. The number of aliphatic carboxylic acids is 1. The lowest BCUT2D eigenvalue weighted by Crippen LogP contribution is -1.97. The van der Waals surface area contributed by atoms with Gasteiger partial charge in [0.2, 0.25) is 0 Å². The lowest BCUT2D eigenvalue weighted by atomic mass is 10.0. The highest BCUT2D eigenvalue weighted by Crippen LogP contribution is 2.26. The van der Waals surface area contributed by atoms with Crippen LogP contribution in [0.25, 0.3) is 28.5 Å². The molecule has 0 fully saturated rings. The Morgan fingerprint density at radius 3 is 2.25 bits per heavy atom. The molecule has 0 radical (unpaired) electrons. The van der Waals surface area contributed by atoms with E-state index in [1.54, 1.807) is 6.07 Å². The molecule has 1 heterocycles. The van der Waals surface area contributed by atoms with Crippen LogP contribution in [0.1, 0.15) is 5.69 Å². The molecular formula is C18H11N3O3. The van der Waals surface area contributed by atoms with Gasteiger partial charge in [-0.25, -0.2) is 9.42 Å². The summed E-state index contributed by atoms with van der Waals surface area (Å²) in [6.07, 6.45) is 1.14. The second kappa shape index (κ2) is 6.58. The molecule has 0 aliphatic carbocycles. The number of nitrogens with zero attached hydrogens (tertiary/aromatic N) is 3. The third-order valence-corrected chi connectivity index (χ3v) is 3.41. The Bertz CT molecular complexity index is 936. The van der Waals surface area contributed by atoms with Crippen molar-refractivity contribution in [2.24, 2.45) is 0 Å². The van der Waals surface area contributed by atoms with Crippen molar-refractivity contribution in [3.63, 3.8) is 0 Å². The Balaban J connectivity index is 1.96. The molecule has 2 aromatic carbocycles. The van der Waals surface area contributed by atoms with Crippen LogP contribution in [0.5, 0.6) is 0 Å². The number of aromatic nitrogens is 2. The maximum Gasteiger partial charge on any atom is 0.346 e. The fourth-order valence-electron chi connectivity index (χ4n) is 2.22. The first-order valence-electron chi connectivity index (χ1n) is 7.02. The van der Waals surface area contributed by atoms with Crippen molar-refractivity contribution in [1.29, 1.82) is 5.26 Å². The van der Waals surface area contributed by atoms with E-state index < -0.39 is 11.5 Å². The molecule has 0 saturated heterocycles. The summed E-state index contributed by atoms with van der Waals surface area (Å²) >= 11 is 0. The summed E-state index contributed by atoms with van der Waals surface area (Å²) in [6, 6.07) is 19.0. The average molecular weight is 317 g/mol. The summed E-state index contributed by atoms with van der Waals surface area (Å²) < 4.78 is 4.69. The zero-order chi connectivity index (χ0) is 16.9. The molecular weight excluding hydrogens is 306 g/mol. The maximum atomic E-state index is 10.9. The zero-order valence-electron chi connectivity index (χ0n) is 12.4. The average Bonchev–Trinajstić information content (AvgIpc) is 3.08. The molecule has 6 heteroatoms. The number of benzene rings is 2. The number of carboxylic acid groups (broad SMARTS) is 1. The molecule has 6 nitrogen and oxygen atoms in total. The van der Waals surface area contributed by atoms with Gasteiger partial charge in [0.15, 0.2) is 0 Å². The van der Waals surface area contributed by atoms with E-state index >= 15 is 0 Å². The first kappa shape index (κ1) is 15.2. The van der Waals surface area contributed by atoms with Crippen molar-refractivity contribution in [1.82, 2.24) is 10.3 Å². The van der Waals surface area contributed by atoms with E-state index in [0.717, 1.165) is 17.2 Å². The van der Waals surface area contributed by atoms with E-state index in [4.69, 9.17) is 15.0 Å². The number of nitriles is 1. The van der Waals surface area contributed by atoms with E-state index in [2.05, 4.69) is 10.3 Å². The molecule has 0 aliphatic heterocycles. The third kappa shape index (κ3) is 3.05. The molecule has 0 spiro atoms. The standard InChI is InChI=1S/C18H11N3O3/c19-11-15(18(22)23)10-16-17(21-24-20-16)14-8-6-13(7-9-14)12-4-2-1-3-5-12/h1-10H,(H,22,23). The topological polar surface area (TPSA) is 100 Å². The molecule has 0 saturated carbocycles. The molecule has 0 amide bonds. The molecule has 3 aromatic rings. The Labute approximate surface area is 137 Å². The predicted octanol–water partition coefficient (Wildman–Crippen LogP) is 3.40. The first-order chi connectivity index (χ1) is 11.7. The fourth-order valence-corrected chi connectivity index (χ4v) is 2.22. The smallest absolute Gasteiger partial charge is 0.346 e. The Hall–Kier alpha value is -3.72. The fraction of sp³-hybridized carbons (Fsp3) is 0. The van der Waals surface area contributed by atoms with Crippen LogP contribution in [0.3, 0.4) is 0 Å². The number of hydrogen-bond donors (Lipinski definition) is 1. The van der Waals surface area contributed by atoms with Crippen LogP contribution in [-0.4, -0.2) is 21.4 Å². The van der Waals surface area contributed by atoms with Crippen LogP contribution < -0.4 is 0 Å². The minimum Gasteiger partial charge on any atom is -0.477 e. The molecule has 3 rings (SSSR count). The van der Waals surface area contributed by atoms with Gasteiger partial charge in [-0.2, -0.15) is 5.26 Å². The highest BCUT2D eigenvalue weighted by Gasteiger charge is 2.14. The summed E-state index contributed by atoms with van der Waals surface area (Å²) in [7, 11) is 0. The van der Waals surface area contributed by atoms with Crippen LogP contribution in [0.4, 0.5) is 0 Å². The highest BCUT2D eigenvalue weighted by molar-refractivity contribution is 5.97. The SMILES string of the molecule is N#CC(=Cc1nonc1-c1ccc(-c2ccccc2)cc1)C(=O)O. The second-order valence-electron chi connectivity index (χ2n) is 4.92. The van der Waals surface area contributed by atoms with Crippen molar-refractivity contribution >= 4 is 12.0 Å². The van der Waals surface area contributed by atoms with Crippen molar-refractivity contribution in [3.05, 3.63) is 65.9 Å². The van der Waals surface area contributed by atoms with Crippen LogP contribution in [0, 0.1) is 11.3 Å². The number of carboxylic acids is 1. The predicted molar refractivity (Wildman–Crippen MR) is 86.4 cm³/mol. The lowest BCUT2D eigenvalue weighted by Gasteiger charge is -2.02. The van der Waals surface area contributed by atoms with E-state index in [1.165, 1.54) is 0 Å². The van der Waals surface area contributed by atoms with Crippen molar-refractivity contribution in [2.45, 2.75) is 0 Å². The van der Waals surface area contributed by atoms with E-state index in [0.29, 0.717) is 11.3 Å². The maximum absolute atomic E-state index is 10.9. The van der Waals surface area contributed by atoms with Crippen LogP contribution >= 0.6 is 0 Å². The van der Waals surface area contributed by atoms with Gasteiger partial charge in [0.1, 0.15) is 23.0 Å². The third-order valence-electron chi connectivity index (χ3n) is 3.41. The zero-order valence-corrected chi connectivity index (χ0v) is 12.4. The second-order valence-corrected chi connectivity index (χ2v) is 4.92. The lowest BCUT2D eigenvalue weighted by molar-refractivity contribution is -0.132. The van der Waals surface area contributed by atoms with Crippen molar-refractivity contribution in [2.75, 3.05) is 0 Å². The summed E-state index contributed by atoms with van der Waals surface area (Å²) in [5.74, 6) is -1.33. The number of carbonyl (C=O) groups is 1. The van der Waals surface area contributed by atoms with Crippen LogP contribution in [-0.2, 0) is 4.79 Å². The Kier molecular flexibility index (Phi) is 4.17. The molecule has 24 heavy (non-hydrogen) atoms. The molecule has 1 N–H and O–H groups in total. The van der Waals surface area contributed by atoms with Crippen molar-refractivity contribution < 1.29 is 14.5 Å². The first-order valence-corrected chi connectivity index (χ1v) is 7.02. The van der Waals surface area contributed by atoms with Crippen molar-refractivity contribution in [3.8, 4) is 28.5 Å². The van der Waals surface area contributed by atoms with Gasteiger partial charge in [-0.3, -0.25) is 0 Å². The normalized spacial score (nSPS) is 11.0. The minimum absolute atomic E-state index is 0.196. The Morgan fingerprint density at radius 2 is 1.62 bits per heavy atom. The van der Waals surface area contributed by atoms with Gasteiger partial charge in [0, 0.05) is 5.56 Å². The molecule has 0 aliphatic rings. The van der Waals surface area contributed by atoms with Gasteiger partial charge in [-0.1, -0.05) is 54.6 Å². The van der Waals surface area contributed by atoms with Gasteiger partial charge in [-0.15, -0.1) is 0 Å². The summed E-state index contributed by atoms with van der Waals surface area (Å²) in [5.41, 5.74) is 2.97. The van der Waals surface area contributed by atoms with Gasteiger partial charge in [0.05, 0.1) is 0 Å². The quantitative estimate of drug-likeness (QED) is 0.584. The number of rotatable bonds is 4. The Morgan fingerprint density at radius 1 is 1.00 bits per heavy atom. The van der Waals surface area contributed by atoms with Gasteiger partial charge in [0.25, 0.3) is 0 Å². The summed E-state index contributed by atoms with van der Waals surface area (Å²) in [6.45, 7) is 0. The van der Waals surface area contributed by atoms with Crippen LogP contribution in [0.15, 0.2) is 64.8 Å². The van der Waals surface area contributed by atoms with E-state index in [-0.39, 0.29) is 5.69 Å². The summed E-state index contributed by atoms with van der Waals surface area (Å²) in [5, 5.41) is 25.2. The minimum atomic E-state index is -1.33. The van der Waals surface area contributed by atoms with Crippen LogP contribution in [0.2, 0.25) is 0 Å². The molecule has 116 valence electrons. The largest absolute Gasteiger partial charge is 0.477 e. The highest BCUT2D eigenvalue weighted by atomic mass is 16.6. The summed E-state index contributed by atoms with van der Waals surface area (Å²) in [4.78, 5) is 10.9.